The monoisotopic (exact) mass is 308 g/mol. The SMILES string of the molecule is CCCC(N)(Cc1ccc(Cl)c(Cl)c1)c1ccccn1. The van der Waals surface area contributed by atoms with Crippen molar-refractivity contribution in [2.24, 2.45) is 5.73 Å². The molecule has 2 rings (SSSR count). The van der Waals surface area contributed by atoms with E-state index < -0.39 is 5.54 Å². The smallest absolute Gasteiger partial charge is 0.0624 e. The molecule has 2 nitrogen and oxygen atoms in total. The molecule has 0 saturated heterocycles. The van der Waals surface area contributed by atoms with Gasteiger partial charge in [0.2, 0.25) is 0 Å². The van der Waals surface area contributed by atoms with Crippen molar-refractivity contribution >= 4 is 23.2 Å². The van der Waals surface area contributed by atoms with Gasteiger partial charge in [-0.3, -0.25) is 4.98 Å². The van der Waals surface area contributed by atoms with Crippen LogP contribution in [0.3, 0.4) is 0 Å². The first kappa shape index (κ1) is 15.3. The molecule has 0 saturated carbocycles. The van der Waals surface area contributed by atoms with Crippen LogP contribution >= 0.6 is 23.2 Å². The molecule has 0 bridgehead atoms. The second kappa shape index (κ2) is 6.57. The number of hydrogen-bond donors (Lipinski definition) is 1. The molecule has 2 aromatic rings. The average molecular weight is 309 g/mol. The molecule has 1 heterocycles. The highest BCUT2D eigenvalue weighted by molar-refractivity contribution is 6.42. The van der Waals surface area contributed by atoms with Crippen LogP contribution in [0.5, 0.6) is 0 Å². The highest BCUT2D eigenvalue weighted by Gasteiger charge is 2.28. The van der Waals surface area contributed by atoms with Gasteiger partial charge in [0.1, 0.15) is 0 Å². The van der Waals surface area contributed by atoms with E-state index in [4.69, 9.17) is 28.9 Å². The number of nitrogens with zero attached hydrogens (tertiary/aromatic N) is 1. The van der Waals surface area contributed by atoms with Crippen LogP contribution in [0.4, 0.5) is 0 Å². The lowest BCUT2D eigenvalue weighted by atomic mass is 9.84. The molecule has 1 aromatic heterocycles. The van der Waals surface area contributed by atoms with Gasteiger partial charge in [0.15, 0.2) is 0 Å². The van der Waals surface area contributed by atoms with Gasteiger partial charge in [0.25, 0.3) is 0 Å². The standard InChI is InChI=1S/C16H18Cl2N2/c1-2-8-16(19,15-5-3-4-9-20-15)11-12-6-7-13(17)14(18)10-12/h3-7,9-10H,2,8,11,19H2,1H3. The maximum atomic E-state index is 6.61. The van der Waals surface area contributed by atoms with Gasteiger partial charge in [0.05, 0.1) is 21.3 Å². The number of pyridine rings is 1. The average Bonchev–Trinajstić information content (AvgIpc) is 2.44. The minimum Gasteiger partial charge on any atom is -0.320 e. The molecular formula is C16H18Cl2N2. The lowest BCUT2D eigenvalue weighted by Crippen LogP contribution is -2.39. The molecule has 2 N–H and O–H groups in total. The summed E-state index contributed by atoms with van der Waals surface area (Å²) in [6.45, 7) is 2.12. The van der Waals surface area contributed by atoms with Crippen molar-refractivity contribution in [2.75, 3.05) is 0 Å². The van der Waals surface area contributed by atoms with Crippen molar-refractivity contribution in [3.05, 3.63) is 63.9 Å². The number of aromatic nitrogens is 1. The molecule has 0 aliphatic carbocycles. The van der Waals surface area contributed by atoms with Crippen LogP contribution in [0.2, 0.25) is 10.0 Å². The van der Waals surface area contributed by atoms with Gasteiger partial charge in [-0.05, 0) is 42.7 Å². The van der Waals surface area contributed by atoms with Gasteiger partial charge in [-0.25, -0.2) is 0 Å². The lowest BCUT2D eigenvalue weighted by molar-refractivity contribution is 0.389. The molecule has 0 aliphatic heterocycles. The molecule has 0 spiro atoms. The molecule has 1 unspecified atom stereocenters. The van der Waals surface area contributed by atoms with Crippen LogP contribution < -0.4 is 5.73 Å². The topological polar surface area (TPSA) is 38.9 Å². The molecule has 1 aromatic carbocycles. The van der Waals surface area contributed by atoms with Gasteiger partial charge >= 0.3 is 0 Å². The molecule has 0 fully saturated rings. The largest absolute Gasteiger partial charge is 0.320 e. The Morgan fingerprint density at radius 3 is 2.55 bits per heavy atom. The number of halogens is 2. The Labute approximate surface area is 129 Å². The van der Waals surface area contributed by atoms with Crippen molar-refractivity contribution < 1.29 is 0 Å². The predicted octanol–water partition coefficient (Wildman–Crippen LogP) is 4.59. The first-order valence-corrected chi connectivity index (χ1v) is 7.45. The second-order valence-corrected chi connectivity index (χ2v) is 5.86. The highest BCUT2D eigenvalue weighted by atomic mass is 35.5. The Kier molecular flexibility index (Phi) is 5.03. The van der Waals surface area contributed by atoms with E-state index in [1.807, 2.05) is 36.4 Å². The van der Waals surface area contributed by atoms with E-state index >= 15 is 0 Å². The lowest BCUT2D eigenvalue weighted by Gasteiger charge is -2.29. The minimum atomic E-state index is -0.479. The Morgan fingerprint density at radius 1 is 1.15 bits per heavy atom. The molecular weight excluding hydrogens is 291 g/mol. The van der Waals surface area contributed by atoms with Crippen LogP contribution in [-0.4, -0.2) is 4.98 Å². The van der Waals surface area contributed by atoms with E-state index in [0.29, 0.717) is 16.5 Å². The zero-order valence-corrected chi connectivity index (χ0v) is 13.0. The Hall–Kier alpha value is -1.09. The fraction of sp³-hybridized carbons (Fsp3) is 0.312. The summed E-state index contributed by atoms with van der Waals surface area (Å²) >= 11 is 12.0. The van der Waals surface area contributed by atoms with E-state index in [1.54, 1.807) is 6.20 Å². The minimum absolute atomic E-state index is 0.479. The first-order valence-electron chi connectivity index (χ1n) is 6.69. The maximum Gasteiger partial charge on any atom is 0.0624 e. The first-order chi connectivity index (χ1) is 9.55. The Morgan fingerprint density at radius 2 is 1.95 bits per heavy atom. The van der Waals surface area contributed by atoms with Gasteiger partial charge in [-0.15, -0.1) is 0 Å². The van der Waals surface area contributed by atoms with Gasteiger partial charge in [-0.1, -0.05) is 48.7 Å². The summed E-state index contributed by atoms with van der Waals surface area (Å²) in [6.07, 6.45) is 4.33. The fourth-order valence-corrected chi connectivity index (χ4v) is 2.74. The molecule has 20 heavy (non-hydrogen) atoms. The van der Waals surface area contributed by atoms with E-state index in [-0.39, 0.29) is 0 Å². The zero-order valence-electron chi connectivity index (χ0n) is 11.4. The third-order valence-corrected chi connectivity index (χ3v) is 4.11. The third kappa shape index (κ3) is 3.51. The maximum absolute atomic E-state index is 6.61. The van der Waals surface area contributed by atoms with Gasteiger partial charge < -0.3 is 5.73 Å². The van der Waals surface area contributed by atoms with Crippen molar-refractivity contribution in [2.45, 2.75) is 31.7 Å². The zero-order chi connectivity index (χ0) is 14.6. The summed E-state index contributed by atoms with van der Waals surface area (Å²) < 4.78 is 0. The summed E-state index contributed by atoms with van der Waals surface area (Å²) in [4.78, 5) is 4.42. The number of rotatable bonds is 5. The van der Waals surface area contributed by atoms with Crippen LogP contribution in [0, 0.1) is 0 Å². The number of nitrogens with two attached hydrogens (primary N) is 1. The van der Waals surface area contributed by atoms with E-state index in [9.17, 15) is 0 Å². The normalized spacial score (nSPS) is 14.0. The Bertz CT molecular complexity index is 572. The van der Waals surface area contributed by atoms with Crippen LogP contribution in [0.1, 0.15) is 31.0 Å². The predicted molar refractivity (Wildman–Crippen MR) is 85.2 cm³/mol. The van der Waals surface area contributed by atoms with E-state index in [2.05, 4.69) is 11.9 Å². The fourth-order valence-electron chi connectivity index (χ4n) is 2.42. The third-order valence-electron chi connectivity index (χ3n) is 3.37. The molecule has 1 atom stereocenters. The quantitative estimate of drug-likeness (QED) is 0.877. The van der Waals surface area contributed by atoms with Crippen molar-refractivity contribution in [3.63, 3.8) is 0 Å². The molecule has 0 amide bonds. The summed E-state index contributed by atoms with van der Waals surface area (Å²) in [5, 5.41) is 1.12. The van der Waals surface area contributed by atoms with Crippen LogP contribution in [0.25, 0.3) is 0 Å². The van der Waals surface area contributed by atoms with Crippen molar-refractivity contribution in [1.82, 2.24) is 4.98 Å². The van der Waals surface area contributed by atoms with E-state index in [0.717, 1.165) is 24.1 Å². The van der Waals surface area contributed by atoms with Crippen LogP contribution in [0.15, 0.2) is 42.6 Å². The van der Waals surface area contributed by atoms with Crippen molar-refractivity contribution in [1.29, 1.82) is 0 Å². The summed E-state index contributed by atoms with van der Waals surface area (Å²) in [5.41, 5.74) is 8.11. The van der Waals surface area contributed by atoms with E-state index in [1.165, 1.54) is 0 Å². The molecule has 4 heteroatoms. The van der Waals surface area contributed by atoms with Crippen molar-refractivity contribution in [3.8, 4) is 0 Å². The highest BCUT2D eigenvalue weighted by Crippen LogP contribution is 2.29. The Balaban J connectivity index is 2.31. The number of benzene rings is 1. The summed E-state index contributed by atoms with van der Waals surface area (Å²) in [7, 11) is 0. The van der Waals surface area contributed by atoms with Crippen LogP contribution in [-0.2, 0) is 12.0 Å². The van der Waals surface area contributed by atoms with Gasteiger partial charge in [-0.2, -0.15) is 0 Å². The summed E-state index contributed by atoms with van der Waals surface area (Å²) in [6, 6.07) is 11.5. The molecule has 106 valence electrons. The number of hydrogen-bond acceptors (Lipinski definition) is 2. The summed E-state index contributed by atoms with van der Waals surface area (Å²) in [5.74, 6) is 0. The molecule has 0 aliphatic rings. The molecule has 0 radical (unpaired) electrons. The van der Waals surface area contributed by atoms with Gasteiger partial charge in [0, 0.05) is 6.20 Å². The second-order valence-electron chi connectivity index (χ2n) is 5.05.